The van der Waals surface area contributed by atoms with E-state index in [1.807, 2.05) is 48.4 Å². The second kappa shape index (κ2) is 16.9. The van der Waals surface area contributed by atoms with E-state index >= 15 is 0 Å². The SMILES string of the molecule is Cc1cncc(-c2nc(NCCc3c[nH]c4ccccc34)c3ncn(C4COC4)c3n2)c1.Fc1cncc(-c2nc(NCCc3c[nH]c4ccccc34)c3ncn(C4COC4)c3n2)c1. The van der Waals surface area contributed by atoms with Crippen molar-refractivity contribution in [2.45, 2.75) is 31.8 Å². The molecule has 0 unspecified atom stereocenters. The summed E-state index contributed by atoms with van der Waals surface area (Å²) < 4.78 is 28.6. The van der Waals surface area contributed by atoms with Crippen molar-refractivity contribution in [3.63, 3.8) is 0 Å². The second-order valence-corrected chi connectivity index (χ2v) is 16.0. The zero-order chi connectivity index (χ0) is 43.0. The van der Waals surface area contributed by atoms with Crippen LogP contribution in [0.4, 0.5) is 16.0 Å². The number of para-hydroxylation sites is 2. The molecule has 0 amide bonds. The second-order valence-electron chi connectivity index (χ2n) is 16.0. The molecule has 0 atom stereocenters. The maximum atomic E-state index is 13.8. The maximum Gasteiger partial charge on any atom is 0.166 e. The minimum absolute atomic E-state index is 0.187. The van der Waals surface area contributed by atoms with E-state index in [9.17, 15) is 4.39 Å². The number of imidazole rings is 2. The first kappa shape index (κ1) is 39.2. The summed E-state index contributed by atoms with van der Waals surface area (Å²) in [6.45, 7) is 6.02. The van der Waals surface area contributed by atoms with Crippen LogP contribution >= 0.6 is 0 Å². The van der Waals surface area contributed by atoms with E-state index in [1.165, 1.54) is 34.2 Å². The van der Waals surface area contributed by atoms with Crippen LogP contribution in [0.3, 0.4) is 0 Å². The highest BCUT2D eigenvalue weighted by molar-refractivity contribution is 5.87. The molecule has 2 saturated heterocycles. The topological polar surface area (TPSA) is 187 Å². The molecule has 4 N–H and O–H groups in total. The monoisotopic (exact) mass is 854 g/mol. The van der Waals surface area contributed by atoms with Gasteiger partial charge in [-0.15, -0.1) is 0 Å². The summed E-state index contributed by atoms with van der Waals surface area (Å²) in [7, 11) is 0. The molecule has 12 rings (SSSR count). The third-order valence-corrected chi connectivity index (χ3v) is 11.7. The van der Waals surface area contributed by atoms with Gasteiger partial charge >= 0.3 is 0 Å². The number of aromatic nitrogens is 12. The van der Waals surface area contributed by atoms with E-state index in [2.05, 4.69) is 92.7 Å². The Kier molecular flexibility index (Phi) is 10.4. The number of halogens is 1. The normalized spacial score (nSPS) is 14.2. The quantitative estimate of drug-likeness (QED) is 0.0943. The molecule has 10 heterocycles. The van der Waals surface area contributed by atoms with E-state index in [0.717, 1.165) is 58.5 Å². The van der Waals surface area contributed by atoms with Crippen LogP contribution in [0.1, 0.15) is 28.8 Å². The average molecular weight is 855 g/mol. The van der Waals surface area contributed by atoms with Crippen molar-refractivity contribution in [1.82, 2.24) is 59.0 Å². The molecule has 64 heavy (non-hydrogen) atoms. The highest BCUT2D eigenvalue weighted by atomic mass is 19.1. The Hall–Kier alpha value is -7.63. The van der Waals surface area contributed by atoms with Gasteiger partial charge < -0.3 is 39.2 Å². The number of anilines is 2. The Balaban J connectivity index is 0.000000143. The molecular weight excluding hydrogens is 812 g/mol. The number of nitrogens with zero attached hydrogens (tertiary/aromatic N) is 10. The molecule has 0 spiro atoms. The molecule has 0 radical (unpaired) electrons. The third-order valence-electron chi connectivity index (χ3n) is 11.7. The van der Waals surface area contributed by atoms with Gasteiger partial charge in [0.2, 0.25) is 0 Å². The van der Waals surface area contributed by atoms with Crippen molar-refractivity contribution < 1.29 is 13.9 Å². The van der Waals surface area contributed by atoms with Gasteiger partial charge in [0.05, 0.1) is 57.4 Å². The standard InChI is InChI=1S/C24H23N7O.C23H20FN7O/c1-15-8-17(10-25-9-15)22-29-23(21-24(30-22)31(14-28-21)18-12-32-13-18)26-7-6-16-11-27-20-5-3-2-4-19(16)20;24-16-7-15(8-25-10-16)21-29-22(20-23(30-21)31(13-28-20)17-11-32-12-17)26-6-5-14-9-27-19-4-2-1-3-18(14)19/h2-5,8-11,14,18,27H,6-7,12-13H2,1H3,(H,26,29,30);1-4,7-10,13,17,27H,5-6,11-12H2,(H,26,29,30). The Morgan fingerprint density at radius 2 is 1.14 bits per heavy atom. The van der Waals surface area contributed by atoms with Crippen molar-refractivity contribution in [1.29, 1.82) is 0 Å². The fraction of sp³-hybridized carbons (Fsp3) is 0.234. The predicted molar refractivity (Wildman–Crippen MR) is 242 cm³/mol. The number of fused-ring (bicyclic) bond motifs is 4. The lowest BCUT2D eigenvalue weighted by molar-refractivity contribution is -0.0218. The molecule has 320 valence electrons. The lowest BCUT2D eigenvalue weighted by Crippen LogP contribution is -2.30. The van der Waals surface area contributed by atoms with Crippen LogP contribution in [-0.2, 0) is 22.3 Å². The molecule has 16 nitrogen and oxygen atoms in total. The first-order valence-corrected chi connectivity index (χ1v) is 21.3. The molecule has 0 saturated carbocycles. The molecule has 17 heteroatoms. The highest BCUT2D eigenvalue weighted by Crippen LogP contribution is 2.31. The summed E-state index contributed by atoms with van der Waals surface area (Å²) in [4.78, 5) is 43.2. The van der Waals surface area contributed by atoms with E-state index in [1.54, 1.807) is 18.7 Å². The van der Waals surface area contributed by atoms with Crippen molar-refractivity contribution in [3.8, 4) is 22.8 Å². The Labute approximate surface area is 365 Å². The maximum absolute atomic E-state index is 13.8. The number of rotatable bonds is 12. The average Bonchev–Trinajstić information content (AvgIpc) is 4.09. The number of nitrogens with one attached hydrogen (secondary N) is 4. The van der Waals surface area contributed by atoms with Crippen molar-refractivity contribution in [2.75, 3.05) is 50.2 Å². The first-order chi connectivity index (χ1) is 31.5. The molecule has 0 aliphatic carbocycles. The fourth-order valence-electron chi connectivity index (χ4n) is 8.16. The molecule has 10 aromatic rings. The van der Waals surface area contributed by atoms with E-state index in [0.29, 0.717) is 67.2 Å². The number of ether oxygens (including phenoxy) is 2. The van der Waals surface area contributed by atoms with Gasteiger partial charge in [0, 0.05) is 77.0 Å². The number of pyridine rings is 2. The summed E-state index contributed by atoms with van der Waals surface area (Å²) in [6.07, 6.45) is 15.8. The fourth-order valence-corrected chi connectivity index (χ4v) is 8.16. The van der Waals surface area contributed by atoms with E-state index < -0.39 is 5.82 Å². The number of benzene rings is 2. The molecule has 0 bridgehead atoms. The number of hydrogen-bond donors (Lipinski definition) is 4. The minimum Gasteiger partial charge on any atom is -0.377 e. The van der Waals surface area contributed by atoms with Crippen LogP contribution in [0.5, 0.6) is 0 Å². The summed E-state index contributed by atoms with van der Waals surface area (Å²) in [5.41, 5.74) is 10.2. The van der Waals surface area contributed by atoms with E-state index in [4.69, 9.17) is 24.4 Å². The van der Waals surface area contributed by atoms with Gasteiger partial charge in [-0.3, -0.25) is 9.97 Å². The van der Waals surface area contributed by atoms with Crippen LogP contribution in [0.25, 0.3) is 66.9 Å². The Bertz CT molecular complexity index is 3060. The number of aryl methyl sites for hydroxylation is 1. The number of H-pyrrole nitrogens is 2. The van der Waals surface area contributed by atoms with Gasteiger partial charge in [0.1, 0.15) is 16.9 Å². The van der Waals surface area contributed by atoms with Gasteiger partial charge in [-0.1, -0.05) is 36.4 Å². The molecule has 8 aromatic heterocycles. The van der Waals surface area contributed by atoms with Gasteiger partial charge in [0.25, 0.3) is 0 Å². The van der Waals surface area contributed by atoms with Gasteiger partial charge in [-0.2, -0.15) is 0 Å². The molecule has 2 aliphatic heterocycles. The zero-order valence-corrected chi connectivity index (χ0v) is 34.9. The van der Waals surface area contributed by atoms with Gasteiger partial charge in [-0.05, 0) is 60.7 Å². The Morgan fingerprint density at radius 1 is 0.641 bits per heavy atom. The smallest absolute Gasteiger partial charge is 0.166 e. The molecule has 2 aromatic carbocycles. The molecule has 2 aliphatic rings. The van der Waals surface area contributed by atoms with Crippen LogP contribution in [0, 0.1) is 12.7 Å². The summed E-state index contributed by atoms with van der Waals surface area (Å²) in [5, 5.41) is 9.39. The van der Waals surface area contributed by atoms with Gasteiger partial charge in [-0.25, -0.2) is 34.3 Å². The highest BCUT2D eigenvalue weighted by Gasteiger charge is 2.26. The van der Waals surface area contributed by atoms with Gasteiger partial charge in [0.15, 0.2) is 34.6 Å². The van der Waals surface area contributed by atoms with Crippen LogP contribution in [0.15, 0.2) is 110 Å². The van der Waals surface area contributed by atoms with Crippen LogP contribution in [-0.4, -0.2) is 98.5 Å². The minimum atomic E-state index is -0.430. The summed E-state index contributed by atoms with van der Waals surface area (Å²) in [6, 6.07) is 20.5. The largest absolute Gasteiger partial charge is 0.377 e. The lowest BCUT2D eigenvalue weighted by atomic mass is 10.1. The Morgan fingerprint density at radius 3 is 1.62 bits per heavy atom. The van der Waals surface area contributed by atoms with Crippen molar-refractivity contribution in [2.24, 2.45) is 0 Å². The van der Waals surface area contributed by atoms with Crippen molar-refractivity contribution in [3.05, 3.63) is 133 Å². The first-order valence-electron chi connectivity index (χ1n) is 21.3. The lowest BCUT2D eigenvalue weighted by Gasteiger charge is -2.27. The van der Waals surface area contributed by atoms with Crippen molar-refractivity contribution >= 4 is 55.8 Å². The third kappa shape index (κ3) is 7.64. The predicted octanol–water partition coefficient (Wildman–Crippen LogP) is 7.64. The summed E-state index contributed by atoms with van der Waals surface area (Å²) in [5.74, 6) is 1.98. The van der Waals surface area contributed by atoms with Crippen LogP contribution in [0.2, 0.25) is 0 Å². The molecular formula is C47H43FN14O2. The summed E-state index contributed by atoms with van der Waals surface area (Å²) >= 11 is 0. The number of hydrogen-bond acceptors (Lipinski definition) is 12. The zero-order valence-electron chi connectivity index (χ0n) is 34.9. The number of aromatic amines is 2. The molecule has 2 fully saturated rings. The van der Waals surface area contributed by atoms with Crippen LogP contribution < -0.4 is 10.6 Å². The van der Waals surface area contributed by atoms with E-state index in [-0.39, 0.29) is 12.1 Å².